The molecule has 2 aromatic carbocycles. The molecule has 2 atom stereocenters. The van der Waals surface area contributed by atoms with E-state index >= 15 is 0 Å². The lowest BCUT2D eigenvalue weighted by molar-refractivity contribution is 0.0205. The SMILES string of the molecule is Oc1cccc(C2Oc3cc(O)ccc3CC2O)c1. The maximum atomic E-state index is 10.2. The Labute approximate surface area is 110 Å². The summed E-state index contributed by atoms with van der Waals surface area (Å²) in [4.78, 5) is 0. The quantitative estimate of drug-likeness (QED) is 0.733. The number of aromatic hydroxyl groups is 2. The third kappa shape index (κ3) is 2.22. The second kappa shape index (κ2) is 4.48. The van der Waals surface area contributed by atoms with Crippen LogP contribution in [0.25, 0.3) is 0 Å². The van der Waals surface area contributed by atoms with Gasteiger partial charge in [0, 0.05) is 12.5 Å². The van der Waals surface area contributed by atoms with Gasteiger partial charge in [-0.2, -0.15) is 0 Å². The first-order valence-electron chi connectivity index (χ1n) is 6.09. The molecule has 1 heterocycles. The summed E-state index contributed by atoms with van der Waals surface area (Å²) < 4.78 is 5.74. The van der Waals surface area contributed by atoms with Gasteiger partial charge in [0.15, 0.2) is 0 Å². The maximum absolute atomic E-state index is 10.2. The van der Waals surface area contributed by atoms with Gasteiger partial charge >= 0.3 is 0 Å². The Morgan fingerprint density at radius 3 is 2.58 bits per heavy atom. The van der Waals surface area contributed by atoms with E-state index in [9.17, 15) is 15.3 Å². The molecule has 4 nitrogen and oxygen atoms in total. The standard InChI is InChI=1S/C15H14O4/c16-11-3-1-2-10(6-11)15-13(18)7-9-4-5-12(17)8-14(9)19-15/h1-6,8,13,15-18H,7H2. The highest BCUT2D eigenvalue weighted by Crippen LogP contribution is 2.37. The Morgan fingerprint density at radius 1 is 1.00 bits per heavy atom. The molecule has 0 bridgehead atoms. The molecule has 3 N–H and O–H groups in total. The summed E-state index contributed by atoms with van der Waals surface area (Å²) in [5, 5.41) is 29.1. The molecule has 0 fully saturated rings. The van der Waals surface area contributed by atoms with Gasteiger partial charge in [-0.1, -0.05) is 18.2 Å². The van der Waals surface area contributed by atoms with Crippen LogP contribution in [0.2, 0.25) is 0 Å². The van der Waals surface area contributed by atoms with Gasteiger partial charge in [0.05, 0.1) is 6.10 Å². The Hall–Kier alpha value is -2.20. The molecular formula is C15H14O4. The summed E-state index contributed by atoms with van der Waals surface area (Å²) in [6.07, 6.45) is -0.768. The molecule has 0 radical (unpaired) electrons. The van der Waals surface area contributed by atoms with Gasteiger partial charge in [0.1, 0.15) is 23.4 Å². The first-order valence-corrected chi connectivity index (χ1v) is 6.09. The number of phenolic OH excluding ortho intramolecular Hbond substituents is 2. The molecule has 3 rings (SSSR count). The Kier molecular flexibility index (Phi) is 2.80. The maximum Gasteiger partial charge on any atom is 0.150 e. The van der Waals surface area contributed by atoms with Crippen molar-refractivity contribution >= 4 is 0 Å². The number of fused-ring (bicyclic) bond motifs is 1. The van der Waals surface area contributed by atoms with Gasteiger partial charge in [-0.3, -0.25) is 0 Å². The molecule has 0 saturated carbocycles. The number of phenols is 2. The normalized spacial score (nSPS) is 21.5. The van der Waals surface area contributed by atoms with Gasteiger partial charge in [0.25, 0.3) is 0 Å². The van der Waals surface area contributed by atoms with E-state index in [1.54, 1.807) is 36.4 Å². The van der Waals surface area contributed by atoms with E-state index in [0.717, 1.165) is 5.56 Å². The summed E-state index contributed by atoms with van der Waals surface area (Å²) in [6.45, 7) is 0. The summed E-state index contributed by atoms with van der Waals surface area (Å²) in [7, 11) is 0. The van der Waals surface area contributed by atoms with Crippen molar-refractivity contribution in [3.05, 3.63) is 53.6 Å². The number of ether oxygens (including phenoxy) is 1. The van der Waals surface area contributed by atoms with Gasteiger partial charge < -0.3 is 20.1 Å². The van der Waals surface area contributed by atoms with Crippen molar-refractivity contribution in [1.29, 1.82) is 0 Å². The molecule has 1 aliphatic rings. The first-order chi connectivity index (χ1) is 9.13. The number of benzene rings is 2. The van der Waals surface area contributed by atoms with Crippen molar-refractivity contribution in [2.45, 2.75) is 18.6 Å². The summed E-state index contributed by atoms with van der Waals surface area (Å²) in [6, 6.07) is 11.5. The molecule has 98 valence electrons. The van der Waals surface area contributed by atoms with Crippen LogP contribution in [-0.4, -0.2) is 21.4 Å². The summed E-state index contributed by atoms with van der Waals surface area (Å²) in [5.74, 6) is 0.832. The van der Waals surface area contributed by atoms with E-state index in [2.05, 4.69) is 0 Å². The van der Waals surface area contributed by atoms with Gasteiger partial charge in [-0.15, -0.1) is 0 Å². The Morgan fingerprint density at radius 2 is 1.79 bits per heavy atom. The number of hydrogen-bond acceptors (Lipinski definition) is 4. The number of rotatable bonds is 1. The zero-order valence-corrected chi connectivity index (χ0v) is 10.2. The van der Waals surface area contributed by atoms with Crippen LogP contribution < -0.4 is 4.74 Å². The summed E-state index contributed by atoms with van der Waals surface area (Å²) in [5.41, 5.74) is 1.57. The predicted molar refractivity (Wildman–Crippen MR) is 69.3 cm³/mol. The third-order valence-corrected chi connectivity index (χ3v) is 3.28. The minimum Gasteiger partial charge on any atom is -0.508 e. The van der Waals surface area contributed by atoms with Crippen molar-refractivity contribution in [3.8, 4) is 17.2 Å². The largest absolute Gasteiger partial charge is 0.508 e. The average Bonchev–Trinajstić information content (AvgIpc) is 2.38. The lowest BCUT2D eigenvalue weighted by Gasteiger charge is -2.31. The first kappa shape index (κ1) is 11.9. The van der Waals surface area contributed by atoms with E-state index in [4.69, 9.17) is 4.74 Å². The van der Waals surface area contributed by atoms with Crippen molar-refractivity contribution < 1.29 is 20.1 Å². The van der Waals surface area contributed by atoms with E-state index < -0.39 is 12.2 Å². The van der Waals surface area contributed by atoms with E-state index in [-0.39, 0.29) is 11.5 Å². The molecule has 2 unspecified atom stereocenters. The van der Waals surface area contributed by atoms with E-state index in [1.165, 1.54) is 6.07 Å². The van der Waals surface area contributed by atoms with Crippen molar-refractivity contribution in [2.75, 3.05) is 0 Å². The highest BCUT2D eigenvalue weighted by atomic mass is 16.5. The molecule has 0 amide bonds. The fourth-order valence-corrected chi connectivity index (χ4v) is 2.36. The second-order valence-corrected chi connectivity index (χ2v) is 4.70. The number of hydrogen-bond donors (Lipinski definition) is 3. The minimum absolute atomic E-state index is 0.129. The zero-order valence-electron chi connectivity index (χ0n) is 10.2. The van der Waals surface area contributed by atoms with Crippen LogP contribution in [-0.2, 0) is 6.42 Å². The molecule has 19 heavy (non-hydrogen) atoms. The molecule has 0 aliphatic carbocycles. The molecular weight excluding hydrogens is 244 g/mol. The molecule has 0 spiro atoms. The van der Waals surface area contributed by atoms with Crippen LogP contribution >= 0.6 is 0 Å². The predicted octanol–water partition coefficient (Wildman–Crippen LogP) is 2.13. The van der Waals surface area contributed by atoms with Crippen LogP contribution in [0.15, 0.2) is 42.5 Å². The highest BCUT2D eigenvalue weighted by molar-refractivity contribution is 5.43. The van der Waals surface area contributed by atoms with Crippen LogP contribution in [0.1, 0.15) is 17.2 Å². The van der Waals surface area contributed by atoms with Gasteiger partial charge in [-0.25, -0.2) is 0 Å². The molecule has 2 aromatic rings. The Balaban J connectivity index is 1.97. The fourth-order valence-electron chi connectivity index (χ4n) is 2.36. The van der Waals surface area contributed by atoms with E-state index in [1.807, 2.05) is 0 Å². The second-order valence-electron chi connectivity index (χ2n) is 4.70. The average molecular weight is 258 g/mol. The van der Waals surface area contributed by atoms with Crippen molar-refractivity contribution in [2.24, 2.45) is 0 Å². The molecule has 0 aromatic heterocycles. The van der Waals surface area contributed by atoms with Crippen molar-refractivity contribution in [3.63, 3.8) is 0 Å². The molecule has 4 heteroatoms. The highest BCUT2D eigenvalue weighted by Gasteiger charge is 2.30. The topological polar surface area (TPSA) is 69.9 Å². The smallest absolute Gasteiger partial charge is 0.150 e. The lowest BCUT2D eigenvalue weighted by atomic mass is 9.94. The minimum atomic E-state index is -0.682. The van der Waals surface area contributed by atoms with E-state index in [0.29, 0.717) is 17.7 Å². The third-order valence-electron chi connectivity index (χ3n) is 3.28. The zero-order chi connectivity index (χ0) is 13.4. The molecule has 1 aliphatic heterocycles. The Bertz CT molecular complexity index is 609. The fraction of sp³-hybridized carbons (Fsp3) is 0.200. The van der Waals surface area contributed by atoms with Crippen LogP contribution in [0.3, 0.4) is 0 Å². The van der Waals surface area contributed by atoms with Gasteiger partial charge in [0.2, 0.25) is 0 Å². The number of aliphatic hydroxyl groups is 1. The number of aliphatic hydroxyl groups excluding tert-OH is 1. The van der Waals surface area contributed by atoms with Crippen LogP contribution in [0.4, 0.5) is 0 Å². The van der Waals surface area contributed by atoms with Crippen molar-refractivity contribution in [1.82, 2.24) is 0 Å². The summed E-state index contributed by atoms with van der Waals surface area (Å²) >= 11 is 0. The molecule has 0 saturated heterocycles. The lowest BCUT2D eigenvalue weighted by Crippen LogP contribution is -2.30. The van der Waals surface area contributed by atoms with Gasteiger partial charge in [-0.05, 0) is 29.3 Å². The monoisotopic (exact) mass is 258 g/mol. The van der Waals surface area contributed by atoms with Crippen LogP contribution in [0.5, 0.6) is 17.2 Å². The van der Waals surface area contributed by atoms with Crippen LogP contribution in [0, 0.1) is 0 Å².